The van der Waals surface area contributed by atoms with E-state index in [1.165, 1.54) is 0 Å². The van der Waals surface area contributed by atoms with Crippen molar-refractivity contribution in [1.82, 2.24) is 20.2 Å². The first kappa shape index (κ1) is 12.9. The van der Waals surface area contributed by atoms with Crippen LogP contribution in [-0.4, -0.2) is 40.5 Å². The van der Waals surface area contributed by atoms with E-state index in [0.29, 0.717) is 17.3 Å². The van der Waals surface area contributed by atoms with Gasteiger partial charge in [-0.15, -0.1) is 5.10 Å². The van der Waals surface area contributed by atoms with E-state index < -0.39 is 0 Å². The summed E-state index contributed by atoms with van der Waals surface area (Å²) in [6, 6.07) is 5.76. The van der Waals surface area contributed by atoms with E-state index in [4.69, 9.17) is 15.2 Å². The van der Waals surface area contributed by atoms with Gasteiger partial charge in [-0.05, 0) is 35.4 Å². The Balaban J connectivity index is 2.05. The molecule has 1 aliphatic rings. The molecule has 7 heteroatoms. The highest BCUT2D eigenvalue weighted by Crippen LogP contribution is 2.35. The molecule has 1 aromatic heterocycles. The molecule has 1 aliphatic heterocycles. The lowest BCUT2D eigenvalue weighted by Gasteiger charge is -2.23. The molecule has 1 saturated heterocycles. The minimum Gasteiger partial charge on any atom is -0.496 e. The molecule has 0 unspecified atom stereocenters. The van der Waals surface area contributed by atoms with Crippen LogP contribution in [0.1, 0.15) is 18.9 Å². The fourth-order valence-electron chi connectivity index (χ4n) is 2.49. The van der Waals surface area contributed by atoms with E-state index in [0.717, 1.165) is 31.6 Å². The fraction of sp³-hybridized carbons (Fsp3) is 0.462. The van der Waals surface area contributed by atoms with E-state index in [1.807, 2.05) is 22.9 Å². The number of nitrogen functional groups attached to an aromatic ring is 1. The molecule has 0 radical (unpaired) electrons. The van der Waals surface area contributed by atoms with Crippen LogP contribution < -0.4 is 10.5 Å². The van der Waals surface area contributed by atoms with Crippen molar-refractivity contribution in [3.63, 3.8) is 0 Å². The Kier molecular flexibility index (Phi) is 3.51. The van der Waals surface area contributed by atoms with Gasteiger partial charge in [-0.1, -0.05) is 6.07 Å². The molecule has 0 atom stereocenters. The van der Waals surface area contributed by atoms with Crippen molar-refractivity contribution in [3.8, 4) is 17.1 Å². The monoisotopic (exact) mass is 275 g/mol. The number of aromatic nitrogens is 4. The number of hydrogen-bond donors (Lipinski definition) is 1. The summed E-state index contributed by atoms with van der Waals surface area (Å²) in [4.78, 5) is 0. The Hall–Kier alpha value is -2.15. The third-order valence-electron chi connectivity index (χ3n) is 3.53. The van der Waals surface area contributed by atoms with E-state index in [9.17, 15) is 0 Å². The Morgan fingerprint density at radius 3 is 2.90 bits per heavy atom. The third kappa shape index (κ3) is 2.20. The van der Waals surface area contributed by atoms with Crippen molar-refractivity contribution < 1.29 is 9.47 Å². The highest BCUT2D eigenvalue weighted by Gasteiger charge is 2.24. The summed E-state index contributed by atoms with van der Waals surface area (Å²) >= 11 is 0. The number of rotatable bonds is 3. The standard InChI is InChI=1S/C13H17N5O2/c1-19-11-4-2-3-10(14)12(11)13-15-16-17-18(13)9-5-7-20-8-6-9/h2-4,9H,5-8,14H2,1H3. The van der Waals surface area contributed by atoms with Gasteiger partial charge in [0.05, 0.1) is 18.7 Å². The molecule has 106 valence electrons. The number of anilines is 1. The molecular weight excluding hydrogens is 258 g/mol. The normalized spacial score (nSPS) is 16.2. The first-order valence-electron chi connectivity index (χ1n) is 6.59. The van der Waals surface area contributed by atoms with Crippen molar-refractivity contribution in [2.24, 2.45) is 0 Å². The van der Waals surface area contributed by atoms with Crippen LogP contribution in [0.2, 0.25) is 0 Å². The number of ether oxygens (including phenoxy) is 2. The Bertz CT molecular complexity index is 592. The van der Waals surface area contributed by atoms with Crippen molar-refractivity contribution in [1.29, 1.82) is 0 Å². The summed E-state index contributed by atoms with van der Waals surface area (Å²) in [5, 5.41) is 12.1. The van der Waals surface area contributed by atoms with Crippen LogP contribution in [0.4, 0.5) is 5.69 Å². The second kappa shape index (κ2) is 5.46. The lowest BCUT2D eigenvalue weighted by Crippen LogP contribution is -2.21. The lowest BCUT2D eigenvalue weighted by molar-refractivity contribution is 0.0662. The number of methoxy groups -OCH3 is 1. The molecular formula is C13H17N5O2. The predicted octanol–water partition coefficient (Wildman–Crippen LogP) is 1.28. The van der Waals surface area contributed by atoms with E-state index >= 15 is 0 Å². The van der Waals surface area contributed by atoms with Gasteiger partial charge in [0.1, 0.15) is 5.75 Å². The number of tetrazole rings is 1. The van der Waals surface area contributed by atoms with Crippen LogP contribution in [0.5, 0.6) is 5.75 Å². The largest absolute Gasteiger partial charge is 0.496 e. The Labute approximate surface area is 116 Å². The van der Waals surface area contributed by atoms with Gasteiger partial charge in [-0.25, -0.2) is 4.68 Å². The summed E-state index contributed by atoms with van der Waals surface area (Å²) in [5.41, 5.74) is 7.42. The topological polar surface area (TPSA) is 88.1 Å². The molecule has 0 bridgehead atoms. The zero-order valence-electron chi connectivity index (χ0n) is 11.3. The van der Waals surface area contributed by atoms with Crippen molar-refractivity contribution in [2.75, 3.05) is 26.1 Å². The molecule has 2 aromatic rings. The van der Waals surface area contributed by atoms with E-state index in [-0.39, 0.29) is 6.04 Å². The fourth-order valence-corrected chi connectivity index (χ4v) is 2.49. The molecule has 3 rings (SSSR count). The number of nitrogens with two attached hydrogens (primary N) is 1. The zero-order valence-corrected chi connectivity index (χ0v) is 11.3. The molecule has 2 N–H and O–H groups in total. The summed E-state index contributed by atoms with van der Waals surface area (Å²) in [5.74, 6) is 1.32. The maximum absolute atomic E-state index is 6.07. The van der Waals surface area contributed by atoms with Crippen molar-refractivity contribution in [3.05, 3.63) is 18.2 Å². The molecule has 7 nitrogen and oxygen atoms in total. The molecule has 1 fully saturated rings. The number of hydrogen-bond acceptors (Lipinski definition) is 6. The van der Waals surface area contributed by atoms with Gasteiger partial charge >= 0.3 is 0 Å². The lowest BCUT2D eigenvalue weighted by atomic mass is 10.1. The maximum Gasteiger partial charge on any atom is 0.188 e. The quantitative estimate of drug-likeness (QED) is 0.849. The van der Waals surface area contributed by atoms with Crippen LogP contribution in [-0.2, 0) is 4.74 Å². The van der Waals surface area contributed by atoms with Crippen LogP contribution in [0, 0.1) is 0 Å². The molecule has 2 heterocycles. The minimum atomic E-state index is 0.234. The molecule has 20 heavy (non-hydrogen) atoms. The third-order valence-corrected chi connectivity index (χ3v) is 3.53. The summed E-state index contributed by atoms with van der Waals surface area (Å²) in [7, 11) is 1.61. The number of benzene rings is 1. The van der Waals surface area contributed by atoms with Crippen LogP contribution >= 0.6 is 0 Å². The van der Waals surface area contributed by atoms with Gasteiger partial charge in [0.15, 0.2) is 5.82 Å². The van der Waals surface area contributed by atoms with Crippen LogP contribution in [0.25, 0.3) is 11.4 Å². The van der Waals surface area contributed by atoms with E-state index in [2.05, 4.69) is 15.5 Å². The smallest absolute Gasteiger partial charge is 0.188 e. The van der Waals surface area contributed by atoms with Crippen LogP contribution in [0.3, 0.4) is 0 Å². The van der Waals surface area contributed by atoms with Gasteiger partial charge in [-0.2, -0.15) is 0 Å². The second-order valence-corrected chi connectivity index (χ2v) is 4.72. The molecule has 0 saturated carbocycles. The van der Waals surface area contributed by atoms with Gasteiger partial charge in [0.2, 0.25) is 0 Å². The van der Waals surface area contributed by atoms with Gasteiger partial charge in [0, 0.05) is 18.9 Å². The predicted molar refractivity (Wildman–Crippen MR) is 73.3 cm³/mol. The average Bonchev–Trinajstić information content (AvgIpc) is 2.96. The Morgan fingerprint density at radius 1 is 1.35 bits per heavy atom. The summed E-state index contributed by atoms with van der Waals surface area (Å²) in [6.07, 6.45) is 1.79. The summed E-state index contributed by atoms with van der Waals surface area (Å²) < 4.78 is 12.6. The first-order chi connectivity index (χ1) is 9.81. The second-order valence-electron chi connectivity index (χ2n) is 4.72. The molecule has 0 aliphatic carbocycles. The van der Waals surface area contributed by atoms with E-state index in [1.54, 1.807) is 7.11 Å². The van der Waals surface area contributed by atoms with Gasteiger partial charge < -0.3 is 15.2 Å². The van der Waals surface area contributed by atoms with Gasteiger partial charge in [0.25, 0.3) is 0 Å². The highest BCUT2D eigenvalue weighted by molar-refractivity contribution is 5.77. The average molecular weight is 275 g/mol. The van der Waals surface area contributed by atoms with Crippen molar-refractivity contribution >= 4 is 5.69 Å². The number of nitrogens with zero attached hydrogens (tertiary/aromatic N) is 4. The maximum atomic E-state index is 6.07. The Morgan fingerprint density at radius 2 is 2.15 bits per heavy atom. The molecule has 0 amide bonds. The van der Waals surface area contributed by atoms with Crippen molar-refractivity contribution in [2.45, 2.75) is 18.9 Å². The highest BCUT2D eigenvalue weighted by atomic mass is 16.5. The van der Waals surface area contributed by atoms with Gasteiger partial charge in [-0.3, -0.25) is 0 Å². The molecule has 1 aromatic carbocycles. The zero-order chi connectivity index (χ0) is 13.9. The first-order valence-corrected chi connectivity index (χ1v) is 6.59. The molecule has 0 spiro atoms. The SMILES string of the molecule is COc1cccc(N)c1-c1nnnn1C1CCOCC1. The summed E-state index contributed by atoms with van der Waals surface area (Å²) in [6.45, 7) is 1.46. The van der Waals surface area contributed by atoms with Crippen LogP contribution in [0.15, 0.2) is 18.2 Å². The minimum absolute atomic E-state index is 0.234.